The molecule has 2 atom stereocenters. The Labute approximate surface area is 206 Å². The maximum Gasteiger partial charge on any atom is 0.143 e. The van der Waals surface area contributed by atoms with Crippen molar-refractivity contribution in [3.8, 4) is 28.1 Å². The molecule has 0 radical (unpaired) electrons. The van der Waals surface area contributed by atoms with Crippen LogP contribution in [-0.4, -0.2) is 66.9 Å². The lowest BCUT2D eigenvalue weighted by atomic mass is 9.82. The zero-order valence-electron chi connectivity index (χ0n) is 20.6. The van der Waals surface area contributed by atoms with Crippen LogP contribution < -0.4 is 10.1 Å². The summed E-state index contributed by atoms with van der Waals surface area (Å²) in [6, 6.07) is 18.7. The predicted molar refractivity (Wildman–Crippen MR) is 141 cm³/mol. The van der Waals surface area contributed by atoms with E-state index in [0.29, 0.717) is 18.6 Å². The molecule has 7 nitrogen and oxygen atoms in total. The summed E-state index contributed by atoms with van der Waals surface area (Å²) in [5, 5.41) is 4.60. The molecule has 182 valence electrons. The van der Waals surface area contributed by atoms with Crippen molar-refractivity contribution in [2.75, 3.05) is 46.2 Å². The fourth-order valence-electron chi connectivity index (χ4n) is 4.64. The Balaban J connectivity index is 1.50. The molecule has 0 aliphatic heterocycles. The van der Waals surface area contributed by atoms with Gasteiger partial charge >= 0.3 is 0 Å². The molecule has 35 heavy (non-hydrogen) atoms. The molecule has 0 spiro atoms. The van der Waals surface area contributed by atoms with Gasteiger partial charge in [-0.15, -0.1) is 0 Å². The molecular formula is C28H33N5O2. The van der Waals surface area contributed by atoms with Crippen molar-refractivity contribution in [1.82, 2.24) is 19.9 Å². The third-order valence-electron chi connectivity index (χ3n) is 6.79. The van der Waals surface area contributed by atoms with Crippen molar-refractivity contribution in [2.45, 2.75) is 18.9 Å². The van der Waals surface area contributed by atoms with Crippen LogP contribution in [0.15, 0.2) is 60.9 Å². The van der Waals surface area contributed by atoms with E-state index in [0.717, 1.165) is 64.5 Å². The molecule has 2 N–H and O–H groups in total. The first kappa shape index (κ1) is 23.3. The molecule has 1 aliphatic rings. The Morgan fingerprint density at radius 1 is 1.00 bits per heavy atom. The number of aromatic nitrogens is 3. The Morgan fingerprint density at radius 3 is 2.49 bits per heavy atom. The number of benzene rings is 2. The third-order valence-corrected chi connectivity index (χ3v) is 6.79. The second-order valence-electron chi connectivity index (χ2n) is 9.36. The van der Waals surface area contributed by atoms with E-state index in [1.165, 1.54) is 6.42 Å². The number of rotatable bonds is 10. The van der Waals surface area contributed by atoms with Crippen molar-refractivity contribution in [3.05, 3.63) is 60.9 Å². The van der Waals surface area contributed by atoms with Crippen LogP contribution in [0.3, 0.4) is 0 Å². The van der Waals surface area contributed by atoms with E-state index in [9.17, 15) is 0 Å². The molecule has 2 aromatic heterocycles. The lowest BCUT2D eigenvalue weighted by Crippen LogP contribution is -2.37. The summed E-state index contributed by atoms with van der Waals surface area (Å²) < 4.78 is 11.5. The van der Waals surface area contributed by atoms with Crippen LogP contribution >= 0.6 is 0 Å². The quantitative estimate of drug-likeness (QED) is 0.336. The molecule has 7 heteroatoms. The average molecular weight is 472 g/mol. The van der Waals surface area contributed by atoms with E-state index in [4.69, 9.17) is 9.47 Å². The molecule has 0 unspecified atom stereocenters. The van der Waals surface area contributed by atoms with Crippen LogP contribution in [0.5, 0.6) is 5.75 Å². The third kappa shape index (κ3) is 5.01. The lowest BCUT2D eigenvalue weighted by molar-refractivity contribution is -0.0101. The number of nitrogens with one attached hydrogen (secondary N) is 2. The van der Waals surface area contributed by atoms with Crippen LogP contribution in [0.2, 0.25) is 0 Å². The highest BCUT2D eigenvalue weighted by Crippen LogP contribution is 2.41. The number of ether oxygens (including phenoxy) is 2. The van der Waals surface area contributed by atoms with Crippen LogP contribution in [-0.2, 0) is 4.74 Å². The summed E-state index contributed by atoms with van der Waals surface area (Å²) in [5.41, 5.74) is 5.14. The first-order chi connectivity index (χ1) is 17.1. The molecule has 1 fully saturated rings. The van der Waals surface area contributed by atoms with Crippen LogP contribution in [0, 0.1) is 5.92 Å². The van der Waals surface area contributed by atoms with E-state index in [2.05, 4.69) is 61.6 Å². The fraction of sp³-hybridized carbons (Fsp3) is 0.357. The number of likely N-dealkylation sites (N-methyl/N-ethyl adjacent to an activating group) is 1. The largest absolute Gasteiger partial charge is 0.492 e. The smallest absolute Gasteiger partial charge is 0.143 e. The number of hydrogen-bond acceptors (Lipinski definition) is 6. The summed E-state index contributed by atoms with van der Waals surface area (Å²) in [5.74, 6) is 2.22. The molecule has 0 amide bonds. The number of fused-ring (bicyclic) bond motifs is 1. The van der Waals surface area contributed by atoms with Gasteiger partial charge in [0.1, 0.15) is 30.1 Å². The minimum Gasteiger partial charge on any atom is -0.492 e. The zero-order valence-corrected chi connectivity index (χ0v) is 20.6. The first-order valence-corrected chi connectivity index (χ1v) is 12.2. The van der Waals surface area contributed by atoms with Crippen molar-refractivity contribution in [2.24, 2.45) is 5.92 Å². The van der Waals surface area contributed by atoms with E-state index >= 15 is 0 Å². The molecule has 0 saturated heterocycles. The maximum atomic E-state index is 5.89. The van der Waals surface area contributed by atoms with Gasteiger partial charge in [-0.1, -0.05) is 30.3 Å². The van der Waals surface area contributed by atoms with Crippen LogP contribution in [0.25, 0.3) is 33.4 Å². The second-order valence-corrected chi connectivity index (χ2v) is 9.36. The summed E-state index contributed by atoms with van der Waals surface area (Å²) >= 11 is 0. The highest BCUT2D eigenvalue weighted by molar-refractivity contribution is 6.07. The predicted octanol–water partition coefficient (Wildman–Crippen LogP) is 5.07. The summed E-state index contributed by atoms with van der Waals surface area (Å²) in [4.78, 5) is 14.9. The molecule has 5 rings (SSSR count). The molecule has 1 saturated carbocycles. The number of anilines is 1. The topological polar surface area (TPSA) is 75.3 Å². The maximum absolute atomic E-state index is 5.89. The van der Waals surface area contributed by atoms with E-state index in [1.54, 1.807) is 13.4 Å². The van der Waals surface area contributed by atoms with Crippen LogP contribution in [0.1, 0.15) is 12.8 Å². The van der Waals surface area contributed by atoms with Crippen molar-refractivity contribution in [1.29, 1.82) is 0 Å². The first-order valence-electron chi connectivity index (χ1n) is 12.2. The Hall–Kier alpha value is -3.42. The Bertz CT molecular complexity index is 1250. The monoisotopic (exact) mass is 471 g/mol. The van der Waals surface area contributed by atoms with Gasteiger partial charge in [-0.05, 0) is 62.3 Å². The summed E-state index contributed by atoms with van der Waals surface area (Å²) in [6.45, 7) is 2.37. The van der Waals surface area contributed by atoms with Crippen molar-refractivity contribution in [3.63, 3.8) is 0 Å². The Kier molecular flexibility index (Phi) is 6.97. The molecule has 2 heterocycles. The van der Waals surface area contributed by atoms with Gasteiger partial charge in [0.25, 0.3) is 0 Å². The number of aromatic amines is 1. The molecule has 1 aliphatic carbocycles. The van der Waals surface area contributed by atoms with Gasteiger partial charge < -0.3 is 24.7 Å². The summed E-state index contributed by atoms with van der Waals surface area (Å²) in [7, 11) is 5.88. The standard InChI is InChI=1S/C28H33N5O2/c1-33(2)15-16-35-22-12-9-20(10-13-22)26-24(19-7-5-4-6-8-19)25-27(30-18-31-28(25)32-26)29-17-21-11-14-23(21)34-3/h4-10,12-13,18,21,23H,11,14-17H2,1-3H3,(H2,29,30,31,32)/t21-,23+/m1/s1. The highest BCUT2D eigenvalue weighted by Gasteiger charge is 2.31. The van der Waals surface area contributed by atoms with Gasteiger partial charge in [-0.2, -0.15) is 0 Å². The van der Waals surface area contributed by atoms with Crippen molar-refractivity contribution >= 4 is 16.9 Å². The van der Waals surface area contributed by atoms with Gasteiger partial charge in [0.05, 0.1) is 17.2 Å². The lowest BCUT2D eigenvalue weighted by Gasteiger charge is -2.35. The van der Waals surface area contributed by atoms with Crippen LogP contribution in [0.4, 0.5) is 5.82 Å². The highest BCUT2D eigenvalue weighted by atomic mass is 16.5. The van der Waals surface area contributed by atoms with E-state index in [1.807, 2.05) is 32.3 Å². The van der Waals surface area contributed by atoms with E-state index in [-0.39, 0.29) is 0 Å². The number of hydrogen-bond donors (Lipinski definition) is 2. The van der Waals surface area contributed by atoms with Gasteiger partial charge in [0.15, 0.2) is 0 Å². The second kappa shape index (κ2) is 10.5. The summed E-state index contributed by atoms with van der Waals surface area (Å²) in [6.07, 6.45) is 4.25. The SMILES string of the molecule is CO[C@H]1CC[C@@H]1CNc1ncnc2[nH]c(-c3ccc(OCCN(C)C)cc3)c(-c3ccccc3)c12. The normalized spacial score (nSPS) is 17.5. The van der Waals surface area contributed by atoms with Gasteiger partial charge in [0, 0.05) is 31.7 Å². The van der Waals surface area contributed by atoms with Crippen molar-refractivity contribution < 1.29 is 9.47 Å². The molecule has 0 bridgehead atoms. The average Bonchev–Trinajstić information content (AvgIpc) is 3.25. The number of methoxy groups -OCH3 is 1. The fourth-order valence-corrected chi connectivity index (χ4v) is 4.64. The minimum atomic E-state index is 0.327. The Morgan fingerprint density at radius 2 is 1.80 bits per heavy atom. The molecule has 4 aromatic rings. The minimum absolute atomic E-state index is 0.327. The van der Waals surface area contributed by atoms with Gasteiger partial charge in [-0.3, -0.25) is 0 Å². The number of H-pyrrole nitrogens is 1. The van der Waals surface area contributed by atoms with Gasteiger partial charge in [-0.25, -0.2) is 9.97 Å². The number of nitrogens with zero attached hydrogens (tertiary/aromatic N) is 3. The molecule has 2 aromatic carbocycles. The van der Waals surface area contributed by atoms with Gasteiger partial charge in [0.2, 0.25) is 0 Å². The zero-order chi connectivity index (χ0) is 24.2. The molecular weight excluding hydrogens is 438 g/mol. The van der Waals surface area contributed by atoms with E-state index < -0.39 is 0 Å².